The number of nitrogens with two attached hydrogens (primary N) is 2. The first-order valence-corrected chi connectivity index (χ1v) is 17.5. The van der Waals surface area contributed by atoms with E-state index in [0.717, 1.165) is 6.42 Å². The molecule has 0 unspecified atom stereocenters. The van der Waals surface area contributed by atoms with Gasteiger partial charge in [-0.05, 0) is 72.8 Å². The van der Waals surface area contributed by atoms with Crippen molar-refractivity contribution in [3.8, 4) is 0 Å². The minimum absolute atomic E-state index is 0.0346. The molecular weight excluding hydrogens is 598 g/mol. The quantitative estimate of drug-likeness (QED) is 0.107. The van der Waals surface area contributed by atoms with Gasteiger partial charge in [0, 0.05) is 52.7 Å². The average Bonchev–Trinajstić information content (AvgIpc) is 3.16. The van der Waals surface area contributed by atoms with Crippen LogP contribution in [-0.2, 0) is 14.4 Å². The van der Waals surface area contributed by atoms with Crippen LogP contribution in [0.2, 0.25) is 0 Å². The zero-order chi connectivity index (χ0) is 35.4. The van der Waals surface area contributed by atoms with E-state index in [1.165, 1.54) is 6.08 Å². The number of nitrogens with zero attached hydrogens (tertiary/aromatic N) is 1. The van der Waals surface area contributed by atoms with Crippen molar-refractivity contribution in [1.82, 2.24) is 0 Å². The number of aliphatic hydroxyl groups excluding tert-OH is 3. The number of carboxylic acid groups (broad SMARTS) is 1. The summed E-state index contributed by atoms with van der Waals surface area (Å²) in [5.41, 5.74) is 9.74. The smallest absolute Gasteiger partial charge is 0.331 e. The molecule has 0 bridgehead atoms. The predicted octanol–water partition coefficient (Wildman–Crippen LogP) is 4.15. The van der Waals surface area contributed by atoms with Crippen LogP contribution in [-0.4, -0.2) is 68.8 Å². The third-order valence-electron chi connectivity index (χ3n) is 13.5. The van der Waals surface area contributed by atoms with Crippen molar-refractivity contribution in [3.05, 3.63) is 22.8 Å². The number of fused-ring (bicyclic) bond motifs is 4. The largest absolute Gasteiger partial charge is 0.478 e. The maximum Gasteiger partial charge on any atom is 0.331 e. The number of carbonyl (C=O) groups is 3. The van der Waals surface area contributed by atoms with Crippen molar-refractivity contribution in [3.63, 3.8) is 0 Å². The number of aliphatic imine (C=N–C) groups is 1. The van der Waals surface area contributed by atoms with E-state index in [4.69, 9.17) is 11.5 Å². The van der Waals surface area contributed by atoms with Gasteiger partial charge in [-0.2, -0.15) is 0 Å². The van der Waals surface area contributed by atoms with E-state index in [1.54, 1.807) is 0 Å². The molecule has 0 aromatic rings. The predicted molar refractivity (Wildman–Crippen MR) is 181 cm³/mol. The fraction of sp³-hybridized carbons (Fsp3) is 0.784. The minimum Gasteiger partial charge on any atom is -0.478 e. The van der Waals surface area contributed by atoms with Gasteiger partial charge in [-0.1, -0.05) is 61.8 Å². The van der Waals surface area contributed by atoms with Gasteiger partial charge >= 0.3 is 5.97 Å². The number of Topliss-reactive ketones (excluding diaryl/α,β-unsaturated/α-hetero) is 2. The summed E-state index contributed by atoms with van der Waals surface area (Å²) in [6.45, 7) is 16.0. The van der Waals surface area contributed by atoms with Gasteiger partial charge in [0.2, 0.25) is 0 Å². The van der Waals surface area contributed by atoms with Crippen LogP contribution in [0.15, 0.2) is 27.8 Å². The number of rotatable bonds is 11. The van der Waals surface area contributed by atoms with Crippen LogP contribution in [0, 0.1) is 51.2 Å². The lowest BCUT2D eigenvalue weighted by Crippen LogP contribution is -2.60. The number of aliphatic hydroxyl groups is 3. The summed E-state index contributed by atoms with van der Waals surface area (Å²) in [4.78, 5) is 43.9. The number of aliphatic carboxylic acids is 1. The van der Waals surface area contributed by atoms with Gasteiger partial charge < -0.3 is 31.9 Å². The van der Waals surface area contributed by atoms with E-state index < -0.39 is 51.9 Å². The highest BCUT2D eigenvalue weighted by Crippen LogP contribution is 2.71. The third kappa shape index (κ3) is 6.12. The molecule has 0 heterocycles. The first kappa shape index (κ1) is 37.3. The van der Waals surface area contributed by atoms with E-state index in [0.29, 0.717) is 55.6 Å². The molecule has 8 N–H and O–H groups in total. The summed E-state index contributed by atoms with van der Waals surface area (Å²) >= 11 is 0. The summed E-state index contributed by atoms with van der Waals surface area (Å²) in [5, 5.41) is 45.4. The number of carboxylic acids is 1. The first-order valence-electron chi connectivity index (χ1n) is 17.5. The lowest BCUT2D eigenvalue weighted by atomic mass is 9.42. The molecule has 0 radical (unpaired) electrons. The standard InChI is InChI=1S/C37H59N3O7/c1-19(2)10-9-11-21(32(46)47)14-24(41)22(18-40-33(38)39)20(3)23-15-29(45)37(8)31-25(42)16-27-34(4,5)28(44)12-13-35(27,6)30(31)26(43)17-36(23,37)7/h14,19-20,22-25,27,29,41-42,45H,9-13,15-18H2,1-8H3,(H,46,47)(H4,38,39,40)/b21-14+/t20-,22-,23-,24-,25-,27-,29+,35+,36-,37+/m1/s1. The number of guanidine groups is 1. The molecule has 0 aromatic heterocycles. The molecule has 4 rings (SSSR count). The molecule has 10 heteroatoms. The average molecular weight is 658 g/mol. The van der Waals surface area contributed by atoms with Crippen LogP contribution in [0.4, 0.5) is 0 Å². The Morgan fingerprint density at radius 2 is 1.70 bits per heavy atom. The van der Waals surface area contributed by atoms with E-state index in [2.05, 4.69) is 25.8 Å². The molecular formula is C37H59N3O7. The molecule has 4 aliphatic rings. The SMILES string of the molecule is CC(C)CCC/C(=C\[C@@H](O)[C@H](CN=C(N)N)[C@@H](C)[C@H]1C[C@H](O)[C@@]2(C)C3=C(C(=O)C[C@]12C)[C@@]1(C)CCC(=O)C(C)(C)[C@H]1C[C@H]3O)C(=O)O. The molecule has 264 valence electrons. The Morgan fingerprint density at radius 3 is 2.28 bits per heavy atom. The molecule has 2 saturated carbocycles. The van der Waals surface area contributed by atoms with Crippen molar-refractivity contribution in [1.29, 1.82) is 0 Å². The summed E-state index contributed by atoms with van der Waals surface area (Å²) < 4.78 is 0. The molecule has 4 aliphatic carbocycles. The number of ketones is 2. The normalized spacial score (nSPS) is 37.1. The van der Waals surface area contributed by atoms with Crippen LogP contribution >= 0.6 is 0 Å². The van der Waals surface area contributed by atoms with Crippen LogP contribution in [0.5, 0.6) is 0 Å². The monoisotopic (exact) mass is 657 g/mol. The maximum atomic E-state index is 14.5. The number of allylic oxidation sites excluding steroid dienone is 1. The second kappa shape index (κ2) is 13.0. The third-order valence-corrected chi connectivity index (χ3v) is 13.5. The molecule has 47 heavy (non-hydrogen) atoms. The Kier molecular flexibility index (Phi) is 10.3. The number of hydrogen-bond acceptors (Lipinski definition) is 7. The van der Waals surface area contributed by atoms with Gasteiger partial charge in [0.1, 0.15) is 5.78 Å². The highest BCUT2D eigenvalue weighted by atomic mass is 16.4. The van der Waals surface area contributed by atoms with Gasteiger partial charge in [0.15, 0.2) is 11.7 Å². The number of hydrogen-bond donors (Lipinski definition) is 6. The van der Waals surface area contributed by atoms with Gasteiger partial charge in [0.05, 0.1) is 18.3 Å². The summed E-state index contributed by atoms with van der Waals surface area (Å²) in [6, 6.07) is 0. The van der Waals surface area contributed by atoms with Gasteiger partial charge in [-0.15, -0.1) is 0 Å². The molecule has 0 amide bonds. The Bertz CT molecular complexity index is 1360. The Labute approximate surface area is 280 Å². The van der Waals surface area contributed by atoms with E-state index in [9.17, 15) is 34.8 Å². The fourth-order valence-electron chi connectivity index (χ4n) is 10.5. The summed E-state index contributed by atoms with van der Waals surface area (Å²) in [7, 11) is 0. The lowest BCUT2D eigenvalue weighted by Gasteiger charge is -2.61. The van der Waals surface area contributed by atoms with Crippen LogP contribution in [0.3, 0.4) is 0 Å². The molecule has 2 fully saturated rings. The molecule has 0 aliphatic heterocycles. The maximum absolute atomic E-state index is 14.5. The molecule has 0 aromatic carbocycles. The van der Waals surface area contributed by atoms with Crippen molar-refractivity contribution in [2.24, 2.45) is 67.7 Å². The van der Waals surface area contributed by atoms with Crippen LogP contribution in [0.25, 0.3) is 0 Å². The molecule has 0 saturated heterocycles. The highest BCUT2D eigenvalue weighted by molar-refractivity contribution is 6.01. The van der Waals surface area contributed by atoms with Crippen molar-refractivity contribution in [2.45, 2.75) is 125 Å². The van der Waals surface area contributed by atoms with E-state index >= 15 is 0 Å². The second-order valence-electron chi connectivity index (χ2n) is 16.8. The van der Waals surface area contributed by atoms with E-state index in [-0.39, 0.29) is 53.8 Å². The number of carbonyl (C=O) groups excluding carboxylic acids is 2. The fourth-order valence-corrected chi connectivity index (χ4v) is 10.5. The van der Waals surface area contributed by atoms with Gasteiger partial charge in [0.25, 0.3) is 0 Å². The minimum atomic E-state index is -1.19. The second-order valence-corrected chi connectivity index (χ2v) is 16.8. The zero-order valence-electron chi connectivity index (χ0n) is 29.7. The van der Waals surface area contributed by atoms with E-state index in [1.807, 2.05) is 34.6 Å². The van der Waals surface area contributed by atoms with Crippen molar-refractivity contribution < 1.29 is 34.8 Å². The van der Waals surface area contributed by atoms with Crippen LogP contribution in [0.1, 0.15) is 107 Å². The summed E-state index contributed by atoms with van der Waals surface area (Å²) in [5.74, 6) is -2.17. The lowest BCUT2D eigenvalue weighted by molar-refractivity contribution is -0.146. The molecule has 10 atom stereocenters. The topological polar surface area (TPSA) is 197 Å². The molecule has 0 spiro atoms. The van der Waals surface area contributed by atoms with Gasteiger partial charge in [-0.3, -0.25) is 14.6 Å². The highest BCUT2D eigenvalue weighted by Gasteiger charge is 2.70. The van der Waals surface area contributed by atoms with Crippen LogP contribution < -0.4 is 11.5 Å². The first-order chi connectivity index (χ1) is 21.6. The Hall–Kier alpha value is -2.56. The molecule has 10 nitrogen and oxygen atoms in total. The Morgan fingerprint density at radius 1 is 1.06 bits per heavy atom. The van der Waals surface area contributed by atoms with Gasteiger partial charge in [-0.25, -0.2) is 4.79 Å². The Balaban J connectivity index is 1.77. The van der Waals surface area contributed by atoms with Crippen molar-refractivity contribution >= 4 is 23.5 Å². The summed E-state index contributed by atoms with van der Waals surface area (Å²) in [6.07, 6.45) is 1.90. The van der Waals surface area contributed by atoms with Crippen molar-refractivity contribution in [2.75, 3.05) is 6.54 Å². The zero-order valence-corrected chi connectivity index (χ0v) is 29.7.